The number of aliphatic hydroxyl groups is 1. The molecule has 0 aromatic rings. The van der Waals surface area contributed by atoms with Crippen molar-refractivity contribution >= 4 is 0 Å². The van der Waals surface area contributed by atoms with E-state index >= 15 is 0 Å². The van der Waals surface area contributed by atoms with Crippen molar-refractivity contribution in [2.45, 2.75) is 18.9 Å². The van der Waals surface area contributed by atoms with E-state index in [9.17, 15) is 0 Å². The summed E-state index contributed by atoms with van der Waals surface area (Å²) in [6.45, 7) is 0. The predicted octanol–water partition coefficient (Wildman–Crippen LogP) is -2.77. The molecule has 0 radical (unpaired) electrons. The molecule has 0 bridgehead atoms. The van der Waals surface area contributed by atoms with Gasteiger partial charge >= 0.3 is 54.1 Å². The van der Waals surface area contributed by atoms with Crippen LogP contribution in [0.25, 0.3) is 0 Å². The zero-order valence-corrected chi connectivity index (χ0v) is 6.39. The van der Waals surface area contributed by atoms with Gasteiger partial charge in [-0.05, 0) is 0 Å². The maximum absolute atomic E-state index is 8.94. The Labute approximate surface area is 54.4 Å². The summed E-state index contributed by atoms with van der Waals surface area (Å²) in [7, 11) is 0. The van der Waals surface area contributed by atoms with Gasteiger partial charge in [-0.15, -0.1) is 0 Å². The Hall–Kier alpha value is 0.690. The van der Waals surface area contributed by atoms with Crippen molar-refractivity contribution in [1.82, 2.24) is 0 Å². The van der Waals surface area contributed by atoms with E-state index in [0.717, 1.165) is 10.8 Å². The molecular weight excluding hydrogens is 203 g/mol. The molecule has 7 heavy (non-hydrogen) atoms. The van der Waals surface area contributed by atoms with Crippen LogP contribution in [0, 0.1) is 0 Å². The minimum atomic E-state index is 0.0848. The third-order valence-electron chi connectivity index (χ3n) is 1.09. The van der Waals surface area contributed by atoms with E-state index in [2.05, 4.69) is 0 Å². The third-order valence-corrected chi connectivity index (χ3v) is 4.26. The van der Waals surface area contributed by atoms with Crippen LogP contribution in [0.5, 0.6) is 0 Å². The summed E-state index contributed by atoms with van der Waals surface area (Å²) in [6.07, 6.45) is 2.44. The van der Waals surface area contributed by atoms with Crippen LogP contribution in [-0.4, -0.2) is 20.1 Å². The summed E-state index contributed by atoms with van der Waals surface area (Å²) >= 11 is 0.424. The van der Waals surface area contributed by atoms with Gasteiger partial charge in [-0.1, -0.05) is 0 Å². The van der Waals surface area contributed by atoms with E-state index in [-0.39, 0.29) is 6.10 Å². The number of alkyl halides is 2. The summed E-state index contributed by atoms with van der Waals surface area (Å²) in [6, 6.07) is 0. The number of hydrogen-bond acceptors (Lipinski definition) is 1. The molecule has 0 amide bonds. The molecule has 1 heterocycles. The summed E-state index contributed by atoms with van der Waals surface area (Å²) in [5, 5.41) is 8.94. The fourth-order valence-corrected chi connectivity index (χ4v) is 3.27. The molecule has 0 aliphatic carbocycles. The van der Waals surface area contributed by atoms with Crippen molar-refractivity contribution in [3.63, 3.8) is 0 Å². The van der Waals surface area contributed by atoms with Gasteiger partial charge in [0.15, 0.2) is 0 Å². The second-order valence-electron chi connectivity index (χ2n) is 1.83. The van der Waals surface area contributed by atoms with Gasteiger partial charge < -0.3 is 0 Å². The van der Waals surface area contributed by atoms with E-state index in [4.69, 9.17) is 5.11 Å². The van der Waals surface area contributed by atoms with Crippen molar-refractivity contribution < 1.29 is 26.3 Å². The van der Waals surface area contributed by atoms with Crippen LogP contribution in [0.2, 0.25) is 0 Å². The van der Waals surface area contributed by atoms with Crippen LogP contribution in [0.3, 0.4) is 0 Å². The van der Waals surface area contributed by atoms with Gasteiger partial charge in [0, 0.05) is 0 Å². The number of aliphatic hydroxyl groups excluding tert-OH is 1. The number of hydrogen-bond donors (Lipinski definition) is 1. The van der Waals surface area contributed by atoms with Crippen LogP contribution in [0.4, 0.5) is 0 Å². The molecule has 1 atom stereocenters. The molecule has 1 saturated heterocycles. The SMILES string of the molecule is OC1CCC[I-]C1. The Morgan fingerprint density at radius 1 is 1.57 bits per heavy atom. The molecule has 1 rings (SSSR count). The standard InChI is InChI=1S/C5H10IO/c7-5-2-1-3-6-4-5/h5,7H,1-4H2/q-1. The van der Waals surface area contributed by atoms with Gasteiger partial charge in [-0.3, -0.25) is 0 Å². The second-order valence-corrected chi connectivity index (χ2v) is 4.87. The summed E-state index contributed by atoms with van der Waals surface area (Å²) in [4.78, 5) is 0. The maximum atomic E-state index is 8.94. The fraction of sp³-hybridized carbons (Fsp3) is 1.00. The monoisotopic (exact) mass is 213 g/mol. The Balaban J connectivity index is 2.12. The Bertz CT molecular complexity index is 50.0. The minimum absolute atomic E-state index is 0.0848. The molecule has 0 saturated carbocycles. The average molecular weight is 213 g/mol. The molecule has 1 nitrogen and oxygen atoms in total. The van der Waals surface area contributed by atoms with Gasteiger partial charge in [0.25, 0.3) is 0 Å². The summed E-state index contributed by atoms with van der Waals surface area (Å²) in [5.41, 5.74) is 0. The van der Waals surface area contributed by atoms with Gasteiger partial charge in [-0.25, -0.2) is 0 Å². The third kappa shape index (κ3) is 1.95. The number of rotatable bonds is 0. The van der Waals surface area contributed by atoms with E-state index in [1.807, 2.05) is 0 Å². The van der Waals surface area contributed by atoms with Crippen molar-refractivity contribution in [1.29, 1.82) is 0 Å². The molecule has 1 aliphatic rings. The zero-order valence-electron chi connectivity index (χ0n) is 4.23. The van der Waals surface area contributed by atoms with Crippen molar-refractivity contribution in [3.8, 4) is 0 Å². The van der Waals surface area contributed by atoms with E-state index in [1.54, 1.807) is 0 Å². The quantitative estimate of drug-likeness (QED) is 0.341. The zero-order chi connectivity index (χ0) is 5.11. The molecule has 1 fully saturated rings. The topological polar surface area (TPSA) is 20.2 Å². The van der Waals surface area contributed by atoms with Crippen LogP contribution in [0.15, 0.2) is 0 Å². The van der Waals surface area contributed by atoms with Gasteiger partial charge in [0.2, 0.25) is 0 Å². The van der Waals surface area contributed by atoms with E-state index < -0.39 is 0 Å². The molecule has 1 aliphatic heterocycles. The number of halogens is 1. The van der Waals surface area contributed by atoms with Crippen LogP contribution >= 0.6 is 0 Å². The fourth-order valence-electron chi connectivity index (χ4n) is 0.688. The first kappa shape index (κ1) is 5.82. The van der Waals surface area contributed by atoms with Gasteiger partial charge in [0.1, 0.15) is 0 Å². The molecule has 0 spiro atoms. The van der Waals surface area contributed by atoms with Crippen molar-refractivity contribution in [2.75, 3.05) is 8.86 Å². The molecule has 1 unspecified atom stereocenters. The Morgan fingerprint density at radius 3 is 2.71 bits per heavy atom. The average Bonchev–Trinajstić information content (AvgIpc) is 1.69. The van der Waals surface area contributed by atoms with Crippen LogP contribution in [0.1, 0.15) is 12.8 Å². The van der Waals surface area contributed by atoms with Crippen molar-refractivity contribution in [2.24, 2.45) is 0 Å². The molecule has 0 aromatic carbocycles. The van der Waals surface area contributed by atoms with Gasteiger partial charge in [-0.2, -0.15) is 0 Å². The van der Waals surface area contributed by atoms with Gasteiger partial charge in [0.05, 0.1) is 0 Å². The molecule has 2 heteroatoms. The normalized spacial score (nSPS) is 34.1. The van der Waals surface area contributed by atoms with Crippen molar-refractivity contribution in [3.05, 3.63) is 0 Å². The van der Waals surface area contributed by atoms with Crippen LogP contribution < -0.4 is 21.2 Å². The Kier molecular flexibility index (Phi) is 2.38. The molecule has 44 valence electrons. The summed E-state index contributed by atoms with van der Waals surface area (Å²) in [5.74, 6) is 0. The van der Waals surface area contributed by atoms with E-state index in [0.29, 0.717) is 21.2 Å². The molecular formula is C5H10IO-. The van der Waals surface area contributed by atoms with E-state index in [1.165, 1.54) is 10.8 Å². The van der Waals surface area contributed by atoms with Crippen LogP contribution in [-0.2, 0) is 0 Å². The Morgan fingerprint density at radius 2 is 2.43 bits per heavy atom. The first-order valence-corrected chi connectivity index (χ1v) is 5.66. The molecule has 0 aromatic heterocycles. The second kappa shape index (κ2) is 2.87. The first-order chi connectivity index (χ1) is 3.39. The molecule has 1 N–H and O–H groups in total. The first-order valence-electron chi connectivity index (χ1n) is 2.61. The summed E-state index contributed by atoms with van der Waals surface area (Å²) < 4.78 is 2.59. The predicted molar refractivity (Wildman–Crippen MR) is 25.0 cm³/mol.